The number of anilines is 2. The minimum atomic E-state index is -0.205. The minimum Gasteiger partial charge on any atom is -0.465 e. The molecule has 4 N–H and O–H groups in total. The van der Waals surface area contributed by atoms with E-state index in [2.05, 4.69) is 31.2 Å². The number of thiocarbonyl (C=S) groups is 2. The topological polar surface area (TPSA) is 168 Å². The first-order valence-corrected chi connectivity index (χ1v) is 18.2. The minimum absolute atomic E-state index is 0.123. The van der Waals surface area contributed by atoms with E-state index < -0.39 is 0 Å². The van der Waals surface area contributed by atoms with Gasteiger partial charge in [0.15, 0.2) is 32.1 Å². The van der Waals surface area contributed by atoms with Crippen LogP contribution in [0.2, 0.25) is 0 Å². The van der Waals surface area contributed by atoms with Crippen LogP contribution in [0, 0.1) is 13.8 Å². The van der Waals surface area contributed by atoms with Gasteiger partial charge in [0.2, 0.25) is 11.8 Å². The molecule has 0 fully saturated rings. The highest BCUT2D eigenvalue weighted by Crippen LogP contribution is 2.25. The molecule has 0 aliphatic heterocycles. The van der Waals surface area contributed by atoms with Crippen LogP contribution in [0.15, 0.2) is 57.8 Å². The summed E-state index contributed by atoms with van der Waals surface area (Å²) in [6.45, 7) is 3.47. The average Bonchev–Trinajstić information content (AvgIpc) is 3.89. The monoisotopic (exact) mass is 752 g/mol. The molecule has 262 valence electrons. The summed E-state index contributed by atoms with van der Waals surface area (Å²) in [6, 6.07) is 6.97. The number of nitrogens with one attached hydrogen (secondary N) is 4. The highest BCUT2D eigenvalue weighted by atomic mass is 32.1. The molecule has 0 saturated heterocycles. The molecular weight excluding hydrogens is 717 g/mol. The van der Waals surface area contributed by atoms with E-state index >= 15 is 0 Å². The van der Waals surface area contributed by atoms with Crippen LogP contribution in [-0.2, 0) is 9.59 Å². The van der Waals surface area contributed by atoms with E-state index in [1.807, 2.05) is 0 Å². The first-order valence-electron chi connectivity index (χ1n) is 15.8. The van der Waals surface area contributed by atoms with E-state index in [1.165, 1.54) is 24.7 Å². The van der Waals surface area contributed by atoms with Gasteiger partial charge in [-0.15, -0.1) is 0 Å². The zero-order valence-electron chi connectivity index (χ0n) is 27.4. The van der Waals surface area contributed by atoms with Crippen LogP contribution in [0.3, 0.4) is 0 Å². The number of aromatic nitrogens is 2. The number of carbonyl (C=O) groups is 4. The van der Waals surface area contributed by atoms with Gasteiger partial charge in [0, 0.05) is 12.8 Å². The number of nitrogens with zero attached hydrogens (tertiary/aromatic N) is 2. The number of ketones is 2. The number of hydrogen-bond donors (Lipinski definition) is 4. The van der Waals surface area contributed by atoms with Crippen molar-refractivity contribution in [3.8, 4) is 0 Å². The molecule has 0 unspecified atom stereocenters. The maximum Gasteiger partial charge on any atom is 0.226 e. The summed E-state index contributed by atoms with van der Waals surface area (Å²) in [5.41, 5.74) is 1.12. The van der Waals surface area contributed by atoms with Gasteiger partial charge in [-0.3, -0.25) is 19.2 Å². The van der Waals surface area contributed by atoms with Crippen LogP contribution < -0.4 is 21.3 Å². The van der Waals surface area contributed by atoms with Gasteiger partial charge in [-0.25, -0.2) is 9.97 Å². The van der Waals surface area contributed by atoms with E-state index in [1.54, 1.807) is 50.3 Å². The fraction of sp³-hybridized carbons (Fsp3) is 0.294. The van der Waals surface area contributed by atoms with Gasteiger partial charge in [0.1, 0.15) is 11.5 Å². The van der Waals surface area contributed by atoms with Gasteiger partial charge in [0.25, 0.3) is 0 Å². The van der Waals surface area contributed by atoms with Crippen LogP contribution in [0.1, 0.15) is 93.6 Å². The lowest BCUT2D eigenvalue weighted by Gasteiger charge is -2.08. The molecule has 0 spiro atoms. The molecule has 4 rings (SSSR count). The Balaban J connectivity index is 1.03. The molecule has 0 bridgehead atoms. The Morgan fingerprint density at radius 3 is 1.46 bits per heavy atom. The largest absolute Gasteiger partial charge is 0.465 e. The highest BCUT2D eigenvalue weighted by Gasteiger charge is 2.16. The summed E-state index contributed by atoms with van der Waals surface area (Å²) in [5, 5.41) is 12.2. The number of thiazole rings is 2. The number of rotatable bonds is 17. The van der Waals surface area contributed by atoms with Crippen LogP contribution in [0.5, 0.6) is 0 Å². The second-order valence-electron chi connectivity index (χ2n) is 10.9. The van der Waals surface area contributed by atoms with Crippen LogP contribution in [0.4, 0.5) is 10.3 Å². The van der Waals surface area contributed by atoms with Crippen LogP contribution in [-0.4, -0.2) is 43.6 Å². The number of aryl methyl sites for hydroxylation is 2. The molecule has 16 heteroatoms. The molecule has 0 aliphatic rings. The predicted molar refractivity (Wildman–Crippen MR) is 204 cm³/mol. The highest BCUT2D eigenvalue weighted by molar-refractivity contribution is 7.80. The molecule has 0 atom stereocenters. The summed E-state index contributed by atoms with van der Waals surface area (Å²) in [5.74, 6) is 0.333. The molecule has 4 aromatic heterocycles. The first kappa shape index (κ1) is 38.2. The SMILES string of the molecule is Cc1nc(NC(=S)NC(=O)CCCCCCCCC(=O)NC(=S)Nc2nc(C)c(C(=O)C=Cc3ccco3)s2)sc1C(=O)C=Cc1ccco1. The van der Waals surface area contributed by atoms with Crippen molar-refractivity contribution in [2.24, 2.45) is 0 Å². The third-order valence-electron chi connectivity index (χ3n) is 6.93. The molecule has 4 heterocycles. The Morgan fingerprint density at radius 1 is 0.680 bits per heavy atom. The lowest BCUT2D eigenvalue weighted by Crippen LogP contribution is -2.33. The summed E-state index contributed by atoms with van der Waals surface area (Å²) >= 11 is 12.8. The van der Waals surface area contributed by atoms with Crippen molar-refractivity contribution >= 4 is 103 Å². The van der Waals surface area contributed by atoms with E-state index in [-0.39, 0.29) is 33.6 Å². The molecule has 0 aliphatic carbocycles. The Morgan fingerprint density at radius 2 is 1.08 bits per heavy atom. The molecule has 50 heavy (non-hydrogen) atoms. The number of allylic oxidation sites excluding steroid dienone is 2. The lowest BCUT2D eigenvalue weighted by atomic mass is 10.1. The third kappa shape index (κ3) is 12.7. The average molecular weight is 753 g/mol. The Kier molecular flexibility index (Phi) is 14.9. The lowest BCUT2D eigenvalue weighted by molar-refractivity contribution is -0.120. The van der Waals surface area contributed by atoms with Crippen molar-refractivity contribution in [1.29, 1.82) is 0 Å². The van der Waals surface area contributed by atoms with Gasteiger partial charge in [0.05, 0.1) is 33.7 Å². The second kappa shape index (κ2) is 19.5. The second-order valence-corrected chi connectivity index (χ2v) is 13.7. The molecule has 12 nitrogen and oxygen atoms in total. The van der Waals surface area contributed by atoms with Gasteiger partial charge < -0.3 is 30.1 Å². The number of hydrogen-bond acceptors (Lipinski definition) is 12. The summed E-state index contributed by atoms with van der Waals surface area (Å²) < 4.78 is 10.4. The summed E-state index contributed by atoms with van der Waals surface area (Å²) in [4.78, 5) is 59.3. The Hall–Kier alpha value is -4.64. The van der Waals surface area contributed by atoms with Crippen molar-refractivity contribution in [3.63, 3.8) is 0 Å². The normalized spacial score (nSPS) is 11.2. The van der Waals surface area contributed by atoms with Gasteiger partial charge in [-0.2, -0.15) is 0 Å². The number of amides is 2. The standard InChI is InChI=1S/C34H36N6O6S4/c1-21-29(25(41)17-15-23-11-9-19-45-23)49-33(35-21)39-31(47)37-27(43)13-7-5-3-4-6-8-14-28(44)38-32(48)40-34-36-22(2)30(50-34)26(42)18-16-24-12-10-20-46-24/h9-12,15-20H,3-8,13-14H2,1-2H3,(H2,35,37,39,43,47)(H2,36,38,40,44,48). The maximum atomic E-state index is 12.5. The zero-order valence-corrected chi connectivity index (χ0v) is 30.7. The van der Waals surface area contributed by atoms with Crippen molar-refractivity contribution in [1.82, 2.24) is 20.6 Å². The van der Waals surface area contributed by atoms with E-state index in [4.69, 9.17) is 33.3 Å². The van der Waals surface area contributed by atoms with Gasteiger partial charge in [-0.05, 0) is 99.7 Å². The Labute approximate surface area is 307 Å². The Bertz CT molecular complexity index is 1720. The first-order chi connectivity index (χ1) is 24.1. The smallest absolute Gasteiger partial charge is 0.226 e. The van der Waals surface area contributed by atoms with Crippen LogP contribution >= 0.6 is 47.1 Å². The molecule has 0 saturated carbocycles. The quantitative estimate of drug-likeness (QED) is 0.0361. The number of carbonyl (C=O) groups excluding carboxylic acids is 4. The maximum absolute atomic E-state index is 12.5. The van der Waals surface area contributed by atoms with Gasteiger partial charge in [-0.1, -0.05) is 48.4 Å². The van der Waals surface area contributed by atoms with E-state index in [0.29, 0.717) is 68.6 Å². The molecular formula is C34H36N6O6S4. The molecule has 2 amide bonds. The van der Waals surface area contributed by atoms with Crippen molar-refractivity contribution < 1.29 is 28.0 Å². The van der Waals surface area contributed by atoms with E-state index in [0.717, 1.165) is 48.4 Å². The number of furan rings is 2. The third-order valence-corrected chi connectivity index (χ3v) is 9.51. The predicted octanol–water partition coefficient (Wildman–Crippen LogP) is 7.64. The van der Waals surface area contributed by atoms with Crippen molar-refractivity contribution in [3.05, 3.63) is 81.6 Å². The van der Waals surface area contributed by atoms with Gasteiger partial charge >= 0.3 is 0 Å². The number of unbranched alkanes of at least 4 members (excludes halogenated alkanes) is 5. The fourth-order valence-electron chi connectivity index (χ4n) is 4.51. The van der Waals surface area contributed by atoms with E-state index in [9.17, 15) is 19.2 Å². The molecule has 0 radical (unpaired) electrons. The zero-order chi connectivity index (χ0) is 35.9. The molecule has 0 aromatic carbocycles. The summed E-state index contributed by atoms with van der Waals surface area (Å²) in [7, 11) is 0. The fourth-order valence-corrected chi connectivity index (χ4v) is 6.84. The van der Waals surface area contributed by atoms with Crippen LogP contribution in [0.25, 0.3) is 12.2 Å². The molecule has 4 aromatic rings. The summed E-state index contributed by atoms with van der Waals surface area (Å²) in [6.07, 6.45) is 14.7. The van der Waals surface area contributed by atoms with Crippen molar-refractivity contribution in [2.45, 2.75) is 65.2 Å². The van der Waals surface area contributed by atoms with Crippen molar-refractivity contribution in [2.75, 3.05) is 10.6 Å².